The van der Waals surface area contributed by atoms with Crippen LogP contribution in [0.4, 0.5) is 0 Å². The van der Waals surface area contributed by atoms with Crippen LogP contribution in [0, 0.1) is 6.92 Å². The van der Waals surface area contributed by atoms with E-state index < -0.39 is 0 Å². The second-order valence-corrected chi connectivity index (χ2v) is 5.41. The largest absolute Gasteiger partial charge is 0.323 e. The van der Waals surface area contributed by atoms with Crippen LogP contribution >= 0.6 is 11.6 Å². The highest BCUT2D eigenvalue weighted by molar-refractivity contribution is 6.17. The van der Waals surface area contributed by atoms with Gasteiger partial charge in [-0.1, -0.05) is 42.0 Å². The molecule has 0 saturated carbocycles. The van der Waals surface area contributed by atoms with Gasteiger partial charge in [-0.15, -0.1) is 11.6 Å². The number of aryl methyl sites for hydroxylation is 2. The van der Waals surface area contributed by atoms with Crippen molar-refractivity contribution in [3.63, 3.8) is 0 Å². The van der Waals surface area contributed by atoms with Gasteiger partial charge < -0.3 is 4.57 Å². The van der Waals surface area contributed by atoms with Crippen LogP contribution in [0.3, 0.4) is 0 Å². The first-order valence-corrected chi connectivity index (χ1v) is 7.37. The third-order valence-corrected chi connectivity index (χ3v) is 3.70. The summed E-state index contributed by atoms with van der Waals surface area (Å²) in [5.41, 5.74) is 4.78. The molecule has 3 rings (SSSR count). The van der Waals surface area contributed by atoms with Crippen molar-refractivity contribution in [2.24, 2.45) is 0 Å². The van der Waals surface area contributed by atoms with E-state index in [4.69, 9.17) is 16.6 Å². The number of hydrogen-bond acceptors (Lipinski definition) is 1. The minimum atomic E-state index is 0.594. The van der Waals surface area contributed by atoms with Gasteiger partial charge in [0.1, 0.15) is 5.82 Å². The standard InChI is InChI=1S/C17H17ClN2/c1-13-6-8-14(9-7-13)12-20-16-5-3-2-4-15(16)19-17(20)10-11-18/h2-9H,10-12H2,1H3. The van der Waals surface area contributed by atoms with Gasteiger partial charge in [0.25, 0.3) is 0 Å². The molecule has 0 spiro atoms. The van der Waals surface area contributed by atoms with Gasteiger partial charge in [0.2, 0.25) is 0 Å². The summed E-state index contributed by atoms with van der Waals surface area (Å²) in [4.78, 5) is 4.69. The smallest absolute Gasteiger partial charge is 0.111 e. The molecule has 1 aromatic heterocycles. The maximum atomic E-state index is 5.91. The molecule has 0 aliphatic rings. The number of imidazole rings is 1. The second kappa shape index (κ2) is 5.68. The summed E-state index contributed by atoms with van der Waals surface area (Å²) in [6.45, 7) is 2.95. The Morgan fingerprint density at radius 3 is 2.55 bits per heavy atom. The van der Waals surface area contributed by atoms with E-state index in [1.807, 2.05) is 6.07 Å². The molecule has 0 unspecified atom stereocenters. The van der Waals surface area contributed by atoms with Crippen LogP contribution in [0.25, 0.3) is 11.0 Å². The number of fused-ring (bicyclic) bond motifs is 1. The first-order valence-electron chi connectivity index (χ1n) is 6.83. The van der Waals surface area contributed by atoms with E-state index in [0.717, 1.165) is 24.3 Å². The van der Waals surface area contributed by atoms with Crippen LogP contribution < -0.4 is 0 Å². The van der Waals surface area contributed by atoms with Gasteiger partial charge in [-0.05, 0) is 24.6 Å². The van der Waals surface area contributed by atoms with Crippen molar-refractivity contribution < 1.29 is 0 Å². The molecule has 0 N–H and O–H groups in total. The molecule has 0 aliphatic heterocycles. The highest BCUT2D eigenvalue weighted by Gasteiger charge is 2.10. The average molecular weight is 285 g/mol. The van der Waals surface area contributed by atoms with Crippen molar-refractivity contribution in [3.05, 3.63) is 65.5 Å². The summed E-state index contributed by atoms with van der Waals surface area (Å²) in [7, 11) is 0. The van der Waals surface area contributed by atoms with E-state index in [9.17, 15) is 0 Å². The van der Waals surface area contributed by atoms with Gasteiger partial charge >= 0.3 is 0 Å². The highest BCUT2D eigenvalue weighted by Crippen LogP contribution is 2.18. The lowest BCUT2D eigenvalue weighted by atomic mass is 10.1. The summed E-state index contributed by atoms with van der Waals surface area (Å²) in [5, 5.41) is 0. The Morgan fingerprint density at radius 2 is 1.80 bits per heavy atom. The molecule has 2 aromatic carbocycles. The van der Waals surface area contributed by atoms with Gasteiger partial charge in [-0.25, -0.2) is 4.98 Å². The minimum absolute atomic E-state index is 0.594. The number of alkyl halides is 1. The zero-order valence-electron chi connectivity index (χ0n) is 11.5. The van der Waals surface area contributed by atoms with Crippen molar-refractivity contribution in [2.75, 3.05) is 5.88 Å². The van der Waals surface area contributed by atoms with E-state index >= 15 is 0 Å². The summed E-state index contributed by atoms with van der Waals surface area (Å²) < 4.78 is 2.27. The van der Waals surface area contributed by atoms with E-state index in [-0.39, 0.29) is 0 Å². The molecule has 0 aliphatic carbocycles. The molecular weight excluding hydrogens is 268 g/mol. The van der Waals surface area contributed by atoms with Crippen LogP contribution in [0.1, 0.15) is 17.0 Å². The van der Waals surface area contributed by atoms with Crippen LogP contribution in [0.2, 0.25) is 0 Å². The molecule has 3 heteroatoms. The first-order chi connectivity index (χ1) is 9.78. The Kier molecular flexibility index (Phi) is 3.75. The predicted octanol–water partition coefficient (Wildman–Crippen LogP) is 4.17. The van der Waals surface area contributed by atoms with Crippen LogP contribution in [-0.4, -0.2) is 15.4 Å². The molecular formula is C17H17ClN2. The fraction of sp³-hybridized carbons (Fsp3) is 0.235. The number of benzene rings is 2. The van der Waals surface area contributed by atoms with Crippen molar-refractivity contribution in [1.29, 1.82) is 0 Å². The summed E-state index contributed by atoms with van der Waals surface area (Å²) in [6, 6.07) is 16.9. The third kappa shape index (κ3) is 2.56. The molecule has 102 valence electrons. The second-order valence-electron chi connectivity index (χ2n) is 5.03. The zero-order chi connectivity index (χ0) is 13.9. The molecule has 20 heavy (non-hydrogen) atoms. The van der Waals surface area contributed by atoms with E-state index in [0.29, 0.717) is 5.88 Å². The summed E-state index contributed by atoms with van der Waals surface area (Å²) >= 11 is 5.91. The Bertz CT molecular complexity index is 713. The van der Waals surface area contributed by atoms with Crippen molar-refractivity contribution >= 4 is 22.6 Å². The third-order valence-electron chi connectivity index (χ3n) is 3.51. The Morgan fingerprint density at radius 1 is 1.05 bits per heavy atom. The van der Waals surface area contributed by atoms with Crippen molar-refractivity contribution in [1.82, 2.24) is 9.55 Å². The molecule has 0 radical (unpaired) electrons. The molecule has 3 aromatic rings. The minimum Gasteiger partial charge on any atom is -0.323 e. The van der Waals surface area contributed by atoms with Gasteiger partial charge in [-0.3, -0.25) is 0 Å². The quantitative estimate of drug-likeness (QED) is 0.657. The number of rotatable bonds is 4. The molecule has 0 saturated heterocycles. The fourth-order valence-corrected chi connectivity index (χ4v) is 2.62. The maximum absolute atomic E-state index is 5.91. The van der Waals surface area contributed by atoms with E-state index in [1.165, 1.54) is 16.6 Å². The molecule has 0 atom stereocenters. The van der Waals surface area contributed by atoms with Gasteiger partial charge in [-0.2, -0.15) is 0 Å². The molecule has 1 heterocycles. The Hall–Kier alpha value is -1.80. The lowest BCUT2D eigenvalue weighted by Gasteiger charge is -2.09. The maximum Gasteiger partial charge on any atom is 0.111 e. The summed E-state index contributed by atoms with van der Waals surface area (Å²) in [6.07, 6.45) is 0.794. The lowest BCUT2D eigenvalue weighted by Crippen LogP contribution is -2.06. The number of aromatic nitrogens is 2. The van der Waals surface area contributed by atoms with Crippen molar-refractivity contribution in [2.45, 2.75) is 19.9 Å². The lowest BCUT2D eigenvalue weighted by molar-refractivity contribution is 0.754. The zero-order valence-corrected chi connectivity index (χ0v) is 12.3. The molecule has 2 nitrogen and oxygen atoms in total. The topological polar surface area (TPSA) is 17.8 Å². The van der Waals surface area contributed by atoms with Gasteiger partial charge in [0.15, 0.2) is 0 Å². The monoisotopic (exact) mass is 284 g/mol. The summed E-state index contributed by atoms with van der Waals surface area (Å²) in [5.74, 6) is 1.65. The number of halogens is 1. The number of nitrogens with zero attached hydrogens (tertiary/aromatic N) is 2. The first kappa shape index (κ1) is 13.2. The SMILES string of the molecule is Cc1ccc(Cn2c(CCCl)nc3ccccc32)cc1. The molecule has 0 fully saturated rings. The van der Waals surface area contributed by atoms with Crippen LogP contribution in [0.5, 0.6) is 0 Å². The van der Waals surface area contributed by atoms with Gasteiger partial charge in [0.05, 0.1) is 11.0 Å². The van der Waals surface area contributed by atoms with E-state index in [2.05, 4.69) is 54.0 Å². The predicted molar refractivity (Wildman–Crippen MR) is 84.4 cm³/mol. The Balaban J connectivity index is 2.04. The fourth-order valence-electron chi connectivity index (χ4n) is 2.45. The average Bonchev–Trinajstić information content (AvgIpc) is 2.80. The highest BCUT2D eigenvalue weighted by atomic mass is 35.5. The van der Waals surface area contributed by atoms with Crippen molar-refractivity contribution in [3.8, 4) is 0 Å². The molecule has 0 bridgehead atoms. The molecule has 0 amide bonds. The van der Waals surface area contributed by atoms with E-state index in [1.54, 1.807) is 0 Å². The van der Waals surface area contributed by atoms with Crippen LogP contribution in [0.15, 0.2) is 48.5 Å². The van der Waals surface area contributed by atoms with Crippen LogP contribution in [-0.2, 0) is 13.0 Å². The normalized spacial score (nSPS) is 11.1. The number of hydrogen-bond donors (Lipinski definition) is 0. The number of para-hydroxylation sites is 2. The Labute approximate surface area is 124 Å². The van der Waals surface area contributed by atoms with Gasteiger partial charge in [0, 0.05) is 18.8 Å².